The molecule has 0 unspecified atom stereocenters. The molecule has 0 bridgehead atoms. The number of rotatable bonds is 2. The van der Waals surface area contributed by atoms with Crippen molar-refractivity contribution in [1.29, 1.82) is 0 Å². The molecule has 0 spiro atoms. The van der Waals surface area contributed by atoms with Crippen LogP contribution in [0.25, 0.3) is 11.1 Å². The maximum atomic E-state index is 8.58. The van der Waals surface area contributed by atoms with Crippen molar-refractivity contribution in [3.8, 4) is 11.1 Å². The number of nitrogens with two attached hydrogens (primary N) is 2. The predicted octanol–water partition coefficient (Wildman–Crippen LogP) is 3.12. The third-order valence-corrected chi connectivity index (χ3v) is 4.22. The molecule has 4 aromatic rings. The van der Waals surface area contributed by atoms with Gasteiger partial charge in [-0.1, -0.05) is 76.6 Å². The first-order valence-electron chi connectivity index (χ1n) is 9.01. The summed E-state index contributed by atoms with van der Waals surface area (Å²) in [6, 6.07) is 26.2. The van der Waals surface area contributed by atoms with Crippen molar-refractivity contribution in [1.82, 2.24) is 9.97 Å². The summed E-state index contributed by atoms with van der Waals surface area (Å²) in [6.45, 7) is 0. The van der Waals surface area contributed by atoms with Crippen molar-refractivity contribution in [3.05, 3.63) is 102 Å². The number of benzene rings is 2. The molecular weight excluding hydrogens is 443 g/mol. The van der Waals surface area contributed by atoms with Gasteiger partial charge in [-0.2, -0.15) is 0 Å². The summed E-state index contributed by atoms with van der Waals surface area (Å²) < 4.78 is 0.963. The van der Waals surface area contributed by atoms with Crippen LogP contribution in [-0.2, 0) is 0 Å². The van der Waals surface area contributed by atoms with Gasteiger partial charge in [0, 0.05) is 16.9 Å². The molecule has 0 fully saturated rings. The van der Waals surface area contributed by atoms with Gasteiger partial charge in [0.1, 0.15) is 11.6 Å². The van der Waals surface area contributed by atoms with Gasteiger partial charge in [-0.05, 0) is 40.9 Å². The number of nitrogen functional groups attached to an aromatic ring is 2. The summed E-state index contributed by atoms with van der Waals surface area (Å²) in [4.78, 5) is 7.73. The third kappa shape index (κ3) is 8.44. The van der Waals surface area contributed by atoms with Crippen LogP contribution in [-0.4, -0.2) is 27.1 Å². The molecule has 2 aromatic carbocycles. The van der Waals surface area contributed by atoms with Gasteiger partial charge in [-0.3, -0.25) is 0 Å². The Hall–Kier alpha value is -3.20. The number of anilines is 2. The van der Waals surface area contributed by atoms with Crippen molar-refractivity contribution < 1.29 is 10.0 Å². The van der Waals surface area contributed by atoms with Crippen LogP contribution in [0.4, 0.5) is 11.6 Å². The van der Waals surface area contributed by atoms with Crippen LogP contribution in [0.2, 0.25) is 0 Å². The molecule has 6 N–H and O–H groups in total. The van der Waals surface area contributed by atoms with Crippen LogP contribution < -0.4 is 16.9 Å². The topological polar surface area (TPSA) is 118 Å². The zero-order valence-corrected chi connectivity index (χ0v) is 17.7. The van der Waals surface area contributed by atoms with Gasteiger partial charge in [0.25, 0.3) is 0 Å². The Kier molecular flexibility index (Phi) is 9.53. The Labute approximate surface area is 184 Å². The van der Waals surface area contributed by atoms with Gasteiger partial charge in [0.15, 0.2) is 0 Å². The van der Waals surface area contributed by atoms with E-state index in [0.717, 1.165) is 15.6 Å². The number of hydrogen-bond donors (Lipinski definition) is 4. The molecule has 0 amide bonds. The predicted molar refractivity (Wildman–Crippen MR) is 127 cm³/mol. The minimum atomic E-state index is -1.34. The van der Waals surface area contributed by atoms with Crippen molar-refractivity contribution >= 4 is 40.1 Å². The first-order chi connectivity index (χ1) is 14.5. The van der Waals surface area contributed by atoms with Gasteiger partial charge < -0.3 is 21.5 Å². The molecule has 8 heteroatoms. The summed E-state index contributed by atoms with van der Waals surface area (Å²) in [7, 11) is -1.34. The van der Waals surface area contributed by atoms with E-state index in [1.165, 1.54) is 0 Å². The van der Waals surface area contributed by atoms with Crippen LogP contribution in [0.3, 0.4) is 0 Å². The Balaban J connectivity index is 0.000000167. The fourth-order valence-electron chi connectivity index (χ4n) is 2.30. The van der Waals surface area contributed by atoms with Crippen LogP contribution in [0.5, 0.6) is 0 Å². The molecule has 0 saturated heterocycles. The molecule has 0 aliphatic rings. The number of halogens is 1. The second kappa shape index (κ2) is 12.4. The summed E-state index contributed by atoms with van der Waals surface area (Å²) in [5.74, 6) is 1.10. The summed E-state index contributed by atoms with van der Waals surface area (Å²) in [5.41, 5.74) is 13.7. The average Bonchev–Trinajstić information content (AvgIpc) is 2.76. The molecule has 30 heavy (non-hydrogen) atoms. The Morgan fingerprint density at radius 2 is 1.20 bits per heavy atom. The van der Waals surface area contributed by atoms with E-state index in [4.69, 9.17) is 21.5 Å². The quantitative estimate of drug-likeness (QED) is 0.338. The van der Waals surface area contributed by atoms with Gasteiger partial charge >= 0.3 is 7.12 Å². The Morgan fingerprint density at radius 1 is 0.667 bits per heavy atom. The lowest BCUT2D eigenvalue weighted by atomic mass is 9.81. The zero-order chi connectivity index (χ0) is 21.8. The normalized spacial score (nSPS) is 9.43. The molecule has 6 nitrogen and oxygen atoms in total. The highest BCUT2D eigenvalue weighted by Gasteiger charge is 2.07. The highest BCUT2D eigenvalue weighted by Crippen LogP contribution is 2.19. The van der Waals surface area contributed by atoms with Crippen molar-refractivity contribution in [2.45, 2.75) is 0 Å². The summed E-state index contributed by atoms with van der Waals surface area (Å²) in [6.07, 6.45) is 3.37. The van der Waals surface area contributed by atoms with Crippen molar-refractivity contribution in [2.75, 3.05) is 11.5 Å². The summed E-state index contributed by atoms with van der Waals surface area (Å²) >= 11 is 3.24. The molecule has 152 valence electrons. The van der Waals surface area contributed by atoms with Crippen molar-refractivity contribution in [2.24, 2.45) is 0 Å². The smallest absolute Gasteiger partial charge is 0.423 e. The van der Waals surface area contributed by atoms with Gasteiger partial charge in [-0.25, -0.2) is 9.97 Å². The number of pyridine rings is 2. The molecule has 2 heterocycles. The maximum Gasteiger partial charge on any atom is 0.488 e. The molecule has 0 aliphatic carbocycles. The second-order valence-corrected chi connectivity index (χ2v) is 6.93. The van der Waals surface area contributed by atoms with Crippen LogP contribution in [0.1, 0.15) is 0 Å². The van der Waals surface area contributed by atoms with E-state index in [-0.39, 0.29) is 0 Å². The minimum Gasteiger partial charge on any atom is -0.423 e. The Bertz CT molecular complexity index is 1000. The molecule has 2 aromatic heterocycles. The standard InChI is InChI=1S/C11H10N2.C6H7BO2.C5H5BrN2/c12-11-8-10(6-7-13-11)9-4-2-1-3-5-9;8-7(9)6-4-2-1-3-5-6;6-4-1-2-8-5(7)3-4/h1-8H,(H2,12,13);1-5,8-9H;1-3H,(H2,7,8). The molecule has 0 saturated carbocycles. The van der Waals surface area contributed by atoms with Crippen LogP contribution >= 0.6 is 15.9 Å². The number of hydrogen-bond acceptors (Lipinski definition) is 6. The van der Waals surface area contributed by atoms with E-state index in [2.05, 4.69) is 38.0 Å². The lowest BCUT2D eigenvalue weighted by molar-refractivity contribution is 0.426. The van der Waals surface area contributed by atoms with E-state index < -0.39 is 7.12 Å². The minimum absolute atomic E-state index is 0.525. The maximum absolute atomic E-state index is 8.58. The van der Waals surface area contributed by atoms with Gasteiger partial charge in [0.2, 0.25) is 0 Å². The van der Waals surface area contributed by atoms with E-state index in [1.54, 1.807) is 42.7 Å². The third-order valence-electron chi connectivity index (χ3n) is 3.73. The van der Waals surface area contributed by atoms with E-state index in [1.807, 2.05) is 42.5 Å². The Morgan fingerprint density at radius 3 is 1.63 bits per heavy atom. The SMILES string of the molecule is Nc1cc(-c2ccccc2)ccn1.Nc1cc(Br)ccn1.OB(O)c1ccccc1. The molecule has 0 radical (unpaired) electrons. The summed E-state index contributed by atoms with van der Waals surface area (Å²) in [5, 5.41) is 17.2. The fourth-order valence-corrected chi connectivity index (χ4v) is 2.66. The van der Waals surface area contributed by atoms with Crippen LogP contribution in [0.15, 0.2) is 102 Å². The lowest BCUT2D eigenvalue weighted by Crippen LogP contribution is -2.29. The van der Waals surface area contributed by atoms with E-state index >= 15 is 0 Å². The highest BCUT2D eigenvalue weighted by atomic mass is 79.9. The average molecular weight is 465 g/mol. The van der Waals surface area contributed by atoms with Gasteiger partial charge in [0.05, 0.1) is 0 Å². The van der Waals surface area contributed by atoms with Crippen LogP contribution in [0, 0.1) is 0 Å². The highest BCUT2D eigenvalue weighted by molar-refractivity contribution is 9.10. The molecule has 4 rings (SSSR count). The first-order valence-corrected chi connectivity index (χ1v) is 9.80. The first kappa shape index (κ1) is 23.1. The molecular formula is C22H22BBrN4O2. The van der Waals surface area contributed by atoms with Crippen molar-refractivity contribution in [3.63, 3.8) is 0 Å². The zero-order valence-electron chi connectivity index (χ0n) is 16.1. The lowest BCUT2D eigenvalue weighted by Gasteiger charge is -2.00. The second-order valence-electron chi connectivity index (χ2n) is 6.02. The van der Waals surface area contributed by atoms with E-state index in [9.17, 15) is 0 Å². The number of nitrogens with zero attached hydrogens (tertiary/aromatic N) is 2. The largest absolute Gasteiger partial charge is 0.488 e. The monoisotopic (exact) mass is 464 g/mol. The molecule has 0 atom stereocenters. The fraction of sp³-hybridized carbons (Fsp3) is 0. The van der Waals surface area contributed by atoms with Gasteiger partial charge in [-0.15, -0.1) is 0 Å². The number of aromatic nitrogens is 2. The molecule has 0 aliphatic heterocycles. The van der Waals surface area contributed by atoms with E-state index in [0.29, 0.717) is 17.1 Å².